The molecule has 0 spiro atoms. The van der Waals surface area contributed by atoms with Gasteiger partial charge in [0.15, 0.2) is 0 Å². The summed E-state index contributed by atoms with van der Waals surface area (Å²) in [5.74, 6) is 0.688. The van der Waals surface area contributed by atoms with Crippen LogP contribution in [0.3, 0.4) is 0 Å². The van der Waals surface area contributed by atoms with E-state index in [-0.39, 0.29) is 11.4 Å². The van der Waals surface area contributed by atoms with Crippen molar-refractivity contribution in [1.82, 2.24) is 10.6 Å². The van der Waals surface area contributed by atoms with E-state index in [1.165, 1.54) is 0 Å². The van der Waals surface area contributed by atoms with E-state index in [9.17, 15) is 4.79 Å². The molecular formula is C13H28N2O2. The van der Waals surface area contributed by atoms with Crippen LogP contribution >= 0.6 is 0 Å². The van der Waals surface area contributed by atoms with E-state index in [0.29, 0.717) is 25.6 Å². The lowest BCUT2D eigenvalue weighted by Gasteiger charge is -2.20. The smallest absolute Gasteiger partial charge is 0.234 e. The van der Waals surface area contributed by atoms with Crippen LogP contribution in [0.2, 0.25) is 0 Å². The number of carbonyl (C=O) groups is 1. The summed E-state index contributed by atoms with van der Waals surface area (Å²) >= 11 is 0. The maximum atomic E-state index is 11.4. The van der Waals surface area contributed by atoms with Crippen molar-refractivity contribution in [1.29, 1.82) is 0 Å². The maximum absolute atomic E-state index is 11.4. The molecule has 17 heavy (non-hydrogen) atoms. The Labute approximate surface area is 105 Å². The summed E-state index contributed by atoms with van der Waals surface area (Å²) in [7, 11) is 0. The van der Waals surface area contributed by atoms with E-state index < -0.39 is 0 Å². The summed E-state index contributed by atoms with van der Waals surface area (Å²) in [6, 6.07) is 0. The van der Waals surface area contributed by atoms with Crippen LogP contribution in [0.1, 0.15) is 41.0 Å². The molecule has 102 valence electrons. The quantitative estimate of drug-likeness (QED) is 0.637. The van der Waals surface area contributed by atoms with Gasteiger partial charge in [0.2, 0.25) is 5.91 Å². The largest absolute Gasteiger partial charge is 0.380 e. The summed E-state index contributed by atoms with van der Waals surface area (Å²) < 4.78 is 5.41. The molecule has 0 aromatic rings. The first-order chi connectivity index (χ1) is 7.81. The minimum Gasteiger partial charge on any atom is -0.380 e. The fraction of sp³-hybridized carbons (Fsp3) is 0.923. The minimum absolute atomic E-state index is 0.0207. The molecule has 4 nitrogen and oxygen atoms in total. The van der Waals surface area contributed by atoms with Gasteiger partial charge in [-0.3, -0.25) is 4.79 Å². The molecule has 0 rings (SSSR count). The third-order valence-electron chi connectivity index (χ3n) is 2.19. The van der Waals surface area contributed by atoms with Crippen LogP contribution in [0, 0.1) is 5.92 Å². The highest BCUT2D eigenvalue weighted by atomic mass is 16.5. The highest BCUT2D eigenvalue weighted by molar-refractivity contribution is 5.78. The Morgan fingerprint density at radius 1 is 1.24 bits per heavy atom. The zero-order chi connectivity index (χ0) is 13.3. The lowest BCUT2D eigenvalue weighted by Crippen LogP contribution is -2.43. The van der Waals surface area contributed by atoms with Gasteiger partial charge in [0.25, 0.3) is 0 Å². The van der Waals surface area contributed by atoms with E-state index in [2.05, 4.69) is 24.5 Å². The van der Waals surface area contributed by atoms with Gasteiger partial charge in [-0.1, -0.05) is 13.8 Å². The van der Waals surface area contributed by atoms with E-state index in [4.69, 9.17) is 4.74 Å². The molecule has 0 aromatic heterocycles. The third kappa shape index (κ3) is 13.3. The molecule has 0 unspecified atom stereocenters. The van der Waals surface area contributed by atoms with Crippen LogP contribution in [-0.4, -0.2) is 37.7 Å². The highest BCUT2D eigenvalue weighted by Crippen LogP contribution is 1.98. The number of amides is 1. The standard InChI is InChI=1S/C13H28N2O2/c1-11(2)6-8-17-9-7-14-12(16)10-15-13(3,4)5/h11,15H,6-10H2,1-5H3,(H,14,16). The van der Waals surface area contributed by atoms with Crippen molar-refractivity contribution in [3.63, 3.8) is 0 Å². The zero-order valence-corrected chi connectivity index (χ0v) is 11.9. The van der Waals surface area contributed by atoms with Crippen LogP contribution in [0.5, 0.6) is 0 Å². The Kier molecular flexibility index (Phi) is 8.17. The van der Waals surface area contributed by atoms with Crippen LogP contribution in [0.4, 0.5) is 0 Å². The van der Waals surface area contributed by atoms with Gasteiger partial charge in [-0.15, -0.1) is 0 Å². The Balaban J connectivity index is 3.34. The molecule has 0 heterocycles. The monoisotopic (exact) mass is 244 g/mol. The van der Waals surface area contributed by atoms with E-state index in [1.807, 2.05) is 20.8 Å². The van der Waals surface area contributed by atoms with Crippen molar-refractivity contribution in [3.8, 4) is 0 Å². The third-order valence-corrected chi connectivity index (χ3v) is 2.19. The molecule has 0 aromatic carbocycles. The molecule has 0 fully saturated rings. The molecule has 4 heteroatoms. The first kappa shape index (κ1) is 16.4. The second-order valence-corrected chi connectivity index (χ2v) is 5.75. The summed E-state index contributed by atoms with van der Waals surface area (Å²) in [6.45, 7) is 12.8. The van der Waals surface area contributed by atoms with Gasteiger partial charge in [0, 0.05) is 18.7 Å². The first-order valence-electron chi connectivity index (χ1n) is 6.41. The van der Waals surface area contributed by atoms with Crippen molar-refractivity contribution in [2.75, 3.05) is 26.3 Å². The van der Waals surface area contributed by atoms with Crippen molar-refractivity contribution >= 4 is 5.91 Å². The highest BCUT2D eigenvalue weighted by Gasteiger charge is 2.10. The number of ether oxygens (including phenoxy) is 1. The Bertz CT molecular complexity index is 210. The Morgan fingerprint density at radius 3 is 2.41 bits per heavy atom. The minimum atomic E-state index is -0.0227. The predicted octanol–water partition coefficient (Wildman–Crippen LogP) is 1.55. The van der Waals surface area contributed by atoms with Gasteiger partial charge in [-0.05, 0) is 33.1 Å². The molecule has 2 N–H and O–H groups in total. The molecule has 0 bridgehead atoms. The number of rotatable bonds is 8. The van der Waals surface area contributed by atoms with Gasteiger partial charge < -0.3 is 15.4 Å². The summed E-state index contributed by atoms with van der Waals surface area (Å²) in [5.41, 5.74) is -0.0227. The second-order valence-electron chi connectivity index (χ2n) is 5.75. The molecule has 0 aliphatic heterocycles. The van der Waals surface area contributed by atoms with Crippen molar-refractivity contribution < 1.29 is 9.53 Å². The van der Waals surface area contributed by atoms with Crippen LogP contribution < -0.4 is 10.6 Å². The SMILES string of the molecule is CC(C)CCOCCNC(=O)CNC(C)(C)C. The molecule has 0 saturated heterocycles. The van der Waals surface area contributed by atoms with Gasteiger partial charge in [-0.2, -0.15) is 0 Å². The molecule has 0 aliphatic carbocycles. The number of hydrogen-bond donors (Lipinski definition) is 2. The fourth-order valence-electron chi connectivity index (χ4n) is 1.09. The predicted molar refractivity (Wildman–Crippen MR) is 71.0 cm³/mol. The topological polar surface area (TPSA) is 50.4 Å². The summed E-state index contributed by atoms with van der Waals surface area (Å²) in [6.07, 6.45) is 1.07. The normalized spacial score (nSPS) is 11.9. The molecular weight excluding hydrogens is 216 g/mol. The van der Waals surface area contributed by atoms with Gasteiger partial charge in [-0.25, -0.2) is 0 Å². The number of nitrogens with one attached hydrogen (secondary N) is 2. The second kappa shape index (κ2) is 8.48. The van der Waals surface area contributed by atoms with Crippen LogP contribution in [-0.2, 0) is 9.53 Å². The van der Waals surface area contributed by atoms with Crippen LogP contribution in [0.25, 0.3) is 0 Å². The first-order valence-corrected chi connectivity index (χ1v) is 6.41. The maximum Gasteiger partial charge on any atom is 0.234 e. The molecule has 0 aliphatic rings. The summed E-state index contributed by atoms with van der Waals surface area (Å²) in [4.78, 5) is 11.4. The molecule has 0 saturated carbocycles. The summed E-state index contributed by atoms with van der Waals surface area (Å²) in [5, 5.41) is 5.95. The average Bonchev–Trinajstić information content (AvgIpc) is 2.19. The van der Waals surface area contributed by atoms with Gasteiger partial charge in [0.05, 0.1) is 13.2 Å². The molecule has 0 radical (unpaired) electrons. The number of hydrogen-bond acceptors (Lipinski definition) is 3. The van der Waals surface area contributed by atoms with Crippen LogP contribution in [0.15, 0.2) is 0 Å². The zero-order valence-electron chi connectivity index (χ0n) is 11.9. The molecule has 0 atom stereocenters. The Morgan fingerprint density at radius 2 is 1.88 bits per heavy atom. The fourth-order valence-corrected chi connectivity index (χ4v) is 1.09. The van der Waals surface area contributed by atoms with E-state index >= 15 is 0 Å². The van der Waals surface area contributed by atoms with Gasteiger partial charge >= 0.3 is 0 Å². The van der Waals surface area contributed by atoms with Crippen molar-refractivity contribution in [2.24, 2.45) is 5.92 Å². The van der Waals surface area contributed by atoms with Gasteiger partial charge in [0.1, 0.15) is 0 Å². The van der Waals surface area contributed by atoms with E-state index in [0.717, 1.165) is 13.0 Å². The molecule has 1 amide bonds. The lowest BCUT2D eigenvalue weighted by molar-refractivity contribution is -0.120. The lowest BCUT2D eigenvalue weighted by atomic mass is 10.1. The average molecular weight is 244 g/mol. The van der Waals surface area contributed by atoms with E-state index in [1.54, 1.807) is 0 Å². The van der Waals surface area contributed by atoms with Crippen molar-refractivity contribution in [2.45, 2.75) is 46.6 Å². The number of carbonyl (C=O) groups excluding carboxylic acids is 1. The van der Waals surface area contributed by atoms with Crippen molar-refractivity contribution in [3.05, 3.63) is 0 Å². The Hall–Kier alpha value is -0.610.